The van der Waals surface area contributed by atoms with Gasteiger partial charge in [0.05, 0.1) is 0 Å². The second-order valence-corrected chi connectivity index (χ2v) is 7.21. The molecule has 1 aromatic carbocycles. The van der Waals surface area contributed by atoms with Crippen LogP contribution in [-0.2, 0) is 6.54 Å². The van der Waals surface area contributed by atoms with E-state index < -0.39 is 5.82 Å². The number of nitrogens with one attached hydrogen (secondary N) is 1. The minimum Gasteiger partial charge on any atom is -0.350 e. The summed E-state index contributed by atoms with van der Waals surface area (Å²) in [5.74, 6) is 0.408. The maximum Gasteiger partial charge on any atom is 0.317 e. The molecule has 0 aliphatic carbocycles. The second kappa shape index (κ2) is 8.52. The number of likely N-dealkylation sites (N-methyl/N-ethyl adjacent to an activating group) is 1. The fourth-order valence-electron chi connectivity index (χ4n) is 3.33. The van der Waals surface area contributed by atoms with Crippen LogP contribution in [0.5, 0.6) is 0 Å². The smallest absolute Gasteiger partial charge is 0.317 e. The van der Waals surface area contributed by atoms with E-state index >= 15 is 0 Å². The summed E-state index contributed by atoms with van der Waals surface area (Å²) < 4.78 is 14.0. The lowest BCUT2D eigenvalue weighted by Crippen LogP contribution is -2.45. The molecule has 1 N–H and O–H groups in total. The molecule has 2 heterocycles. The van der Waals surface area contributed by atoms with Crippen molar-refractivity contribution in [3.63, 3.8) is 0 Å². The number of amides is 2. The third-order valence-electron chi connectivity index (χ3n) is 4.82. The Morgan fingerprint density at radius 2 is 2.30 bits per heavy atom. The van der Waals surface area contributed by atoms with E-state index in [1.807, 2.05) is 12.1 Å². The van der Waals surface area contributed by atoms with Crippen LogP contribution < -0.4 is 10.2 Å². The average molecular weight is 392 g/mol. The van der Waals surface area contributed by atoms with Gasteiger partial charge < -0.3 is 15.1 Å². The van der Waals surface area contributed by atoms with E-state index in [0.29, 0.717) is 17.1 Å². The number of nitrogens with zero attached hydrogens (tertiary/aromatic N) is 4. The van der Waals surface area contributed by atoms with Crippen molar-refractivity contribution in [2.45, 2.75) is 32.4 Å². The summed E-state index contributed by atoms with van der Waals surface area (Å²) in [4.78, 5) is 16.2. The summed E-state index contributed by atoms with van der Waals surface area (Å²) in [5, 5.41) is 11.3. The zero-order chi connectivity index (χ0) is 19.4. The first-order valence-electron chi connectivity index (χ1n) is 8.93. The molecule has 1 unspecified atom stereocenters. The summed E-state index contributed by atoms with van der Waals surface area (Å²) in [5.41, 5.74) is 1.20. The van der Waals surface area contributed by atoms with Crippen LogP contribution in [0.1, 0.15) is 24.0 Å². The first-order chi connectivity index (χ1) is 13.0. The van der Waals surface area contributed by atoms with Crippen LogP contribution in [0.15, 0.2) is 30.5 Å². The highest BCUT2D eigenvalue weighted by Crippen LogP contribution is 2.23. The van der Waals surface area contributed by atoms with E-state index in [1.54, 1.807) is 31.1 Å². The number of benzene rings is 1. The average Bonchev–Trinajstić information content (AvgIpc) is 3.12. The molecule has 0 bridgehead atoms. The Labute approximate surface area is 163 Å². The maximum absolute atomic E-state index is 14.0. The van der Waals surface area contributed by atoms with Gasteiger partial charge in [-0.15, -0.1) is 5.10 Å². The van der Waals surface area contributed by atoms with E-state index in [4.69, 9.17) is 11.6 Å². The summed E-state index contributed by atoms with van der Waals surface area (Å²) in [6, 6.07) is 6.66. The van der Waals surface area contributed by atoms with Crippen molar-refractivity contribution in [3.8, 4) is 0 Å². The molecule has 2 aromatic rings. The molecule has 1 saturated heterocycles. The zero-order valence-corrected chi connectivity index (χ0v) is 16.2. The van der Waals surface area contributed by atoms with E-state index in [-0.39, 0.29) is 18.6 Å². The Bertz CT molecular complexity index is 804. The number of rotatable bonds is 5. The van der Waals surface area contributed by atoms with Gasteiger partial charge in [0.25, 0.3) is 0 Å². The van der Waals surface area contributed by atoms with Crippen molar-refractivity contribution in [2.24, 2.45) is 0 Å². The van der Waals surface area contributed by atoms with Crippen molar-refractivity contribution in [1.82, 2.24) is 20.4 Å². The predicted molar refractivity (Wildman–Crippen MR) is 103 cm³/mol. The van der Waals surface area contributed by atoms with Gasteiger partial charge in [-0.2, -0.15) is 5.10 Å². The summed E-state index contributed by atoms with van der Waals surface area (Å²) in [6.07, 6.45) is 3.68. The predicted octanol–water partition coefficient (Wildman–Crippen LogP) is 3.39. The zero-order valence-electron chi connectivity index (χ0n) is 15.5. The summed E-state index contributed by atoms with van der Waals surface area (Å²) in [6.45, 7) is 3.38. The summed E-state index contributed by atoms with van der Waals surface area (Å²) in [7, 11) is 1.74. The van der Waals surface area contributed by atoms with E-state index in [2.05, 4.69) is 20.4 Å². The fraction of sp³-hybridized carbons (Fsp3) is 0.421. The Balaban J connectivity index is 1.57. The lowest BCUT2D eigenvalue weighted by molar-refractivity contribution is 0.205. The van der Waals surface area contributed by atoms with Crippen molar-refractivity contribution < 1.29 is 9.18 Å². The van der Waals surface area contributed by atoms with Crippen molar-refractivity contribution in [3.05, 3.63) is 52.4 Å². The van der Waals surface area contributed by atoms with Gasteiger partial charge in [0, 0.05) is 49.5 Å². The molecule has 144 valence electrons. The molecular formula is C19H23ClFN5O. The Morgan fingerprint density at radius 1 is 1.48 bits per heavy atom. The van der Waals surface area contributed by atoms with E-state index in [0.717, 1.165) is 30.8 Å². The van der Waals surface area contributed by atoms with Gasteiger partial charge >= 0.3 is 6.03 Å². The van der Waals surface area contributed by atoms with Gasteiger partial charge in [0.15, 0.2) is 5.82 Å². The monoisotopic (exact) mass is 391 g/mol. The molecule has 1 fully saturated rings. The van der Waals surface area contributed by atoms with E-state index in [1.165, 1.54) is 6.07 Å². The second-order valence-electron chi connectivity index (χ2n) is 6.80. The van der Waals surface area contributed by atoms with Crippen LogP contribution in [-0.4, -0.2) is 47.3 Å². The molecule has 2 amide bonds. The van der Waals surface area contributed by atoms with Gasteiger partial charge in [0.2, 0.25) is 0 Å². The van der Waals surface area contributed by atoms with Gasteiger partial charge in [-0.3, -0.25) is 0 Å². The molecule has 3 rings (SSSR count). The third-order valence-corrected chi connectivity index (χ3v) is 5.23. The molecule has 1 aliphatic heterocycles. The topological polar surface area (TPSA) is 61.4 Å². The first kappa shape index (κ1) is 19.4. The fourth-order valence-corrected chi connectivity index (χ4v) is 3.48. The maximum atomic E-state index is 14.0. The molecule has 8 heteroatoms. The number of aromatic nitrogens is 2. The van der Waals surface area contributed by atoms with Gasteiger partial charge in [-0.05, 0) is 49.6 Å². The van der Waals surface area contributed by atoms with E-state index in [9.17, 15) is 9.18 Å². The highest BCUT2D eigenvalue weighted by molar-refractivity contribution is 6.31. The molecule has 0 saturated carbocycles. The first-order valence-corrected chi connectivity index (χ1v) is 9.31. The SMILES string of the molecule is Cc1cc(CNC(=O)N(C)CC2CCCN2c2cccnn2)c(F)cc1Cl. The molecule has 0 spiro atoms. The minimum atomic E-state index is -0.418. The lowest BCUT2D eigenvalue weighted by atomic mass is 10.1. The normalized spacial score (nSPS) is 16.4. The molecular weight excluding hydrogens is 369 g/mol. The number of hydrogen-bond donors (Lipinski definition) is 1. The highest BCUT2D eigenvalue weighted by atomic mass is 35.5. The van der Waals surface area contributed by atoms with Gasteiger partial charge in [-0.25, -0.2) is 9.18 Å². The highest BCUT2D eigenvalue weighted by Gasteiger charge is 2.28. The Kier molecular flexibility index (Phi) is 6.11. The van der Waals surface area contributed by atoms with Gasteiger partial charge in [0.1, 0.15) is 5.82 Å². The van der Waals surface area contributed by atoms with Crippen LogP contribution in [0.25, 0.3) is 0 Å². The minimum absolute atomic E-state index is 0.117. The quantitative estimate of drug-likeness (QED) is 0.848. The number of carbonyl (C=O) groups excluding carboxylic acids is 1. The molecule has 1 aliphatic rings. The van der Waals surface area contributed by atoms with Crippen molar-refractivity contribution in [1.29, 1.82) is 0 Å². The largest absolute Gasteiger partial charge is 0.350 e. The molecule has 1 atom stereocenters. The van der Waals surface area contributed by atoms with Gasteiger partial charge in [-0.1, -0.05) is 11.6 Å². The number of hydrogen-bond acceptors (Lipinski definition) is 4. The van der Waals surface area contributed by atoms with Crippen LogP contribution in [0.2, 0.25) is 5.02 Å². The van der Waals surface area contributed by atoms with Crippen molar-refractivity contribution in [2.75, 3.05) is 25.0 Å². The van der Waals surface area contributed by atoms with Crippen LogP contribution >= 0.6 is 11.6 Å². The van der Waals surface area contributed by atoms with Crippen LogP contribution in [0.3, 0.4) is 0 Å². The van der Waals surface area contributed by atoms with Crippen LogP contribution in [0, 0.1) is 12.7 Å². The lowest BCUT2D eigenvalue weighted by Gasteiger charge is -2.29. The number of anilines is 1. The number of urea groups is 1. The molecule has 6 nitrogen and oxygen atoms in total. The van der Waals surface area contributed by atoms with Crippen molar-refractivity contribution >= 4 is 23.4 Å². The summed E-state index contributed by atoms with van der Waals surface area (Å²) >= 11 is 5.91. The van der Waals surface area contributed by atoms with Crippen LogP contribution in [0.4, 0.5) is 15.0 Å². The number of halogens is 2. The standard InChI is InChI=1S/C19H23ClFN5O/c1-13-9-14(17(21)10-16(13)20)11-22-19(27)25(2)12-15-5-4-8-26(15)18-6-3-7-23-24-18/h3,6-7,9-10,15H,4-5,8,11-12H2,1-2H3,(H,22,27). The molecule has 1 aromatic heterocycles. The molecule has 27 heavy (non-hydrogen) atoms. The third kappa shape index (κ3) is 4.66. The Morgan fingerprint density at radius 3 is 3.04 bits per heavy atom. The number of carbonyl (C=O) groups is 1. The Hall–Kier alpha value is -2.41. The number of aryl methyl sites for hydroxylation is 1. The molecule has 0 radical (unpaired) electrons.